The monoisotopic (exact) mass is 199 g/mol. The first-order chi connectivity index (χ1) is 6.57. The van der Waals surface area contributed by atoms with Gasteiger partial charge in [0.1, 0.15) is 0 Å². The predicted molar refractivity (Wildman–Crippen MR) is 55.3 cm³/mol. The molecule has 3 unspecified atom stereocenters. The Bertz CT molecular complexity index is 200. The topological polar surface area (TPSA) is 30.5 Å². The van der Waals surface area contributed by atoms with Crippen LogP contribution in [0.5, 0.6) is 0 Å². The van der Waals surface area contributed by atoms with Crippen LogP contribution in [0.25, 0.3) is 0 Å². The van der Waals surface area contributed by atoms with Gasteiger partial charge in [0.25, 0.3) is 0 Å². The van der Waals surface area contributed by atoms with Gasteiger partial charge in [0, 0.05) is 12.6 Å². The number of rotatable bonds is 0. The maximum atomic E-state index is 5.74. The highest BCUT2D eigenvalue weighted by atomic mass is 16.6. The highest BCUT2D eigenvalue weighted by Crippen LogP contribution is 2.29. The van der Waals surface area contributed by atoms with Gasteiger partial charge < -0.3 is 14.8 Å². The summed E-state index contributed by atoms with van der Waals surface area (Å²) in [7, 11) is 0. The Balaban J connectivity index is 1.96. The average molecular weight is 199 g/mol. The van der Waals surface area contributed by atoms with Crippen molar-refractivity contribution in [3.8, 4) is 0 Å². The van der Waals surface area contributed by atoms with Crippen molar-refractivity contribution in [2.45, 2.75) is 45.4 Å². The molecule has 0 amide bonds. The minimum Gasteiger partial charge on any atom is -0.373 e. The largest absolute Gasteiger partial charge is 0.373 e. The molecule has 2 aliphatic rings. The lowest BCUT2D eigenvalue weighted by atomic mass is 9.80. The number of ether oxygens (including phenoxy) is 2. The SMILES string of the molecule is CC(C)(C)C1CC2OCCOC2CN1. The van der Waals surface area contributed by atoms with E-state index < -0.39 is 0 Å². The molecule has 0 saturated carbocycles. The molecule has 1 N–H and O–H groups in total. The molecule has 14 heavy (non-hydrogen) atoms. The van der Waals surface area contributed by atoms with Gasteiger partial charge in [0.15, 0.2) is 0 Å². The Morgan fingerprint density at radius 2 is 1.71 bits per heavy atom. The van der Waals surface area contributed by atoms with Crippen molar-refractivity contribution in [2.24, 2.45) is 5.41 Å². The maximum Gasteiger partial charge on any atom is 0.0962 e. The van der Waals surface area contributed by atoms with Crippen LogP contribution in [0.2, 0.25) is 0 Å². The summed E-state index contributed by atoms with van der Waals surface area (Å²) in [5.41, 5.74) is 0.311. The second-order valence-electron chi connectivity index (χ2n) is 5.38. The van der Waals surface area contributed by atoms with E-state index in [-0.39, 0.29) is 6.10 Å². The fourth-order valence-electron chi connectivity index (χ4n) is 2.26. The Labute approximate surface area is 86.2 Å². The lowest BCUT2D eigenvalue weighted by Gasteiger charge is -2.44. The third-order valence-electron chi connectivity index (χ3n) is 3.24. The van der Waals surface area contributed by atoms with Crippen LogP contribution in [0.4, 0.5) is 0 Å². The summed E-state index contributed by atoms with van der Waals surface area (Å²) in [4.78, 5) is 0. The molecule has 0 radical (unpaired) electrons. The Hall–Kier alpha value is -0.120. The van der Waals surface area contributed by atoms with E-state index in [1.165, 1.54) is 0 Å². The maximum absolute atomic E-state index is 5.74. The van der Waals surface area contributed by atoms with E-state index in [9.17, 15) is 0 Å². The summed E-state index contributed by atoms with van der Waals surface area (Å²) in [6.45, 7) is 9.27. The van der Waals surface area contributed by atoms with Gasteiger partial charge in [-0.15, -0.1) is 0 Å². The standard InChI is InChI=1S/C11H21NO2/c1-11(2,3)10-6-8-9(7-12-10)14-5-4-13-8/h8-10,12H,4-7H2,1-3H3. The second kappa shape index (κ2) is 3.80. The normalized spacial score (nSPS) is 39.2. The number of nitrogens with one attached hydrogen (secondary N) is 1. The van der Waals surface area contributed by atoms with Gasteiger partial charge in [0.05, 0.1) is 25.4 Å². The van der Waals surface area contributed by atoms with Crippen molar-refractivity contribution in [3.63, 3.8) is 0 Å². The zero-order chi connectivity index (χ0) is 10.2. The van der Waals surface area contributed by atoms with Gasteiger partial charge in [-0.25, -0.2) is 0 Å². The molecule has 0 aromatic carbocycles. The van der Waals surface area contributed by atoms with Crippen LogP contribution >= 0.6 is 0 Å². The van der Waals surface area contributed by atoms with E-state index in [1.807, 2.05) is 0 Å². The number of piperidine rings is 1. The lowest BCUT2D eigenvalue weighted by Crippen LogP contribution is -2.57. The summed E-state index contributed by atoms with van der Waals surface area (Å²) < 4.78 is 11.4. The molecule has 2 heterocycles. The van der Waals surface area contributed by atoms with Gasteiger partial charge in [-0.1, -0.05) is 20.8 Å². The molecular weight excluding hydrogens is 178 g/mol. The van der Waals surface area contributed by atoms with E-state index in [1.54, 1.807) is 0 Å². The number of hydrogen-bond donors (Lipinski definition) is 1. The molecule has 82 valence electrons. The summed E-state index contributed by atoms with van der Waals surface area (Å²) in [6.07, 6.45) is 1.67. The van der Waals surface area contributed by atoms with Gasteiger partial charge in [-0.3, -0.25) is 0 Å². The van der Waals surface area contributed by atoms with Gasteiger partial charge in [0.2, 0.25) is 0 Å². The molecule has 2 aliphatic heterocycles. The summed E-state index contributed by atoms with van der Waals surface area (Å²) >= 11 is 0. The van der Waals surface area contributed by atoms with E-state index in [2.05, 4.69) is 26.1 Å². The van der Waals surface area contributed by atoms with E-state index in [0.717, 1.165) is 26.2 Å². The van der Waals surface area contributed by atoms with Crippen LogP contribution in [0.1, 0.15) is 27.2 Å². The summed E-state index contributed by atoms with van der Waals surface area (Å²) in [6, 6.07) is 0.547. The highest BCUT2D eigenvalue weighted by molar-refractivity contribution is 4.92. The zero-order valence-electron chi connectivity index (χ0n) is 9.38. The van der Waals surface area contributed by atoms with Crippen molar-refractivity contribution in [1.29, 1.82) is 0 Å². The molecular formula is C11H21NO2. The van der Waals surface area contributed by atoms with Crippen LogP contribution < -0.4 is 5.32 Å². The Morgan fingerprint density at radius 1 is 1.07 bits per heavy atom. The van der Waals surface area contributed by atoms with Crippen molar-refractivity contribution >= 4 is 0 Å². The van der Waals surface area contributed by atoms with Crippen LogP contribution in [0.15, 0.2) is 0 Å². The van der Waals surface area contributed by atoms with Crippen LogP contribution in [-0.4, -0.2) is 38.0 Å². The van der Waals surface area contributed by atoms with Crippen molar-refractivity contribution in [2.75, 3.05) is 19.8 Å². The van der Waals surface area contributed by atoms with Crippen molar-refractivity contribution in [1.82, 2.24) is 5.32 Å². The predicted octanol–water partition coefficient (Wildman–Crippen LogP) is 1.18. The van der Waals surface area contributed by atoms with E-state index >= 15 is 0 Å². The molecule has 0 aromatic heterocycles. The highest BCUT2D eigenvalue weighted by Gasteiger charge is 2.38. The molecule has 0 spiro atoms. The number of fused-ring (bicyclic) bond motifs is 1. The fraction of sp³-hybridized carbons (Fsp3) is 1.00. The summed E-state index contributed by atoms with van der Waals surface area (Å²) in [5.74, 6) is 0. The summed E-state index contributed by atoms with van der Waals surface area (Å²) in [5, 5.41) is 3.55. The number of hydrogen-bond acceptors (Lipinski definition) is 3. The lowest BCUT2D eigenvalue weighted by molar-refractivity contribution is -0.158. The third kappa shape index (κ3) is 2.10. The zero-order valence-corrected chi connectivity index (χ0v) is 9.38. The molecule has 2 rings (SSSR count). The molecule has 0 bridgehead atoms. The molecule has 3 atom stereocenters. The molecule has 0 aromatic rings. The first-order valence-corrected chi connectivity index (χ1v) is 5.54. The van der Waals surface area contributed by atoms with Crippen LogP contribution in [0, 0.1) is 5.41 Å². The van der Waals surface area contributed by atoms with Gasteiger partial charge in [-0.2, -0.15) is 0 Å². The van der Waals surface area contributed by atoms with Crippen molar-refractivity contribution in [3.05, 3.63) is 0 Å². The molecule has 3 heteroatoms. The second-order valence-corrected chi connectivity index (χ2v) is 5.38. The average Bonchev–Trinajstić information content (AvgIpc) is 2.16. The minimum absolute atomic E-state index is 0.280. The fourth-order valence-corrected chi connectivity index (χ4v) is 2.26. The molecule has 3 nitrogen and oxygen atoms in total. The quantitative estimate of drug-likeness (QED) is 0.635. The first kappa shape index (κ1) is 10.4. The van der Waals surface area contributed by atoms with Gasteiger partial charge >= 0.3 is 0 Å². The third-order valence-corrected chi connectivity index (χ3v) is 3.24. The Kier molecular flexibility index (Phi) is 2.82. The smallest absolute Gasteiger partial charge is 0.0962 e. The van der Waals surface area contributed by atoms with Gasteiger partial charge in [-0.05, 0) is 11.8 Å². The first-order valence-electron chi connectivity index (χ1n) is 5.54. The molecule has 2 fully saturated rings. The minimum atomic E-state index is 0.280. The van der Waals surface area contributed by atoms with Crippen LogP contribution in [-0.2, 0) is 9.47 Å². The van der Waals surface area contributed by atoms with E-state index in [4.69, 9.17) is 9.47 Å². The Morgan fingerprint density at radius 3 is 2.36 bits per heavy atom. The molecule has 2 saturated heterocycles. The van der Waals surface area contributed by atoms with Crippen LogP contribution in [0.3, 0.4) is 0 Å². The van der Waals surface area contributed by atoms with E-state index in [0.29, 0.717) is 17.6 Å². The molecule has 0 aliphatic carbocycles. The van der Waals surface area contributed by atoms with Crippen molar-refractivity contribution < 1.29 is 9.47 Å².